The van der Waals surface area contributed by atoms with Gasteiger partial charge in [0.05, 0.1) is 40.8 Å². The van der Waals surface area contributed by atoms with Crippen LogP contribution in [0, 0.1) is 0 Å². The minimum Gasteiger partial charge on any atom is -0.497 e. The molecule has 3 N–H and O–H groups in total. The van der Waals surface area contributed by atoms with E-state index in [9.17, 15) is 8.42 Å². The molecule has 2 heterocycles. The number of pyridine rings is 1. The van der Waals surface area contributed by atoms with Crippen LogP contribution < -0.4 is 15.8 Å². The number of nitrogen functional groups attached to an aromatic ring is 1. The number of nitrogens with zero attached hydrogens (tertiary/aromatic N) is 1. The van der Waals surface area contributed by atoms with E-state index >= 15 is 0 Å². The number of nitrogens with two attached hydrogens (primary N) is 1. The standard InChI is InChI=1S/C18H17N3O3S/c1-24-12-4-2-11(3-5-12)21-18-14(19)10-20-15-6-7-16-13(17(15)18)8-9-25(16,22)23/h2-7,10H,8-9,19H2,1H3,(H,20,21). The second-order valence-electron chi connectivity index (χ2n) is 5.95. The fraction of sp³-hybridized carbons (Fsp3) is 0.167. The van der Waals surface area contributed by atoms with Gasteiger partial charge in [0, 0.05) is 11.1 Å². The Morgan fingerprint density at radius 2 is 1.92 bits per heavy atom. The SMILES string of the molecule is COc1ccc(Nc2c(N)cnc3ccc4c(c23)CCS4(=O)=O)cc1. The maximum atomic E-state index is 12.2. The van der Waals surface area contributed by atoms with E-state index in [0.717, 1.165) is 27.9 Å². The van der Waals surface area contributed by atoms with E-state index in [1.165, 1.54) is 0 Å². The van der Waals surface area contributed by atoms with E-state index in [1.807, 2.05) is 24.3 Å². The van der Waals surface area contributed by atoms with Crippen LogP contribution in [0.4, 0.5) is 17.1 Å². The minimum atomic E-state index is -3.22. The van der Waals surface area contributed by atoms with Crippen LogP contribution in [-0.4, -0.2) is 26.3 Å². The maximum Gasteiger partial charge on any atom is 0.179 e. The number of anilines is 3. The molecule has 1 aliphatic heterocycles. The number of hydrogen-bond donors (Lipinski definition) is 2. The largest absolute Gasteiger partial charge is 0.497 e. The van der Waals surface area contributed by atoms with Crippen molar-refractivity contribution >= 4 is 37.8 Å². The van der Waals surface area contributed by atoms with Gasteiger partial charge in [0.2, 0.25) is 0 Å². The summed E-state index contributed by atoms with van der Waals surface area (Å²) in [5.41, 5.74) is 9.65. The molecule has 0 bridgehead atoms. The monoisotopic (exact) mass is 355 g/mol. The van der Waals surface area contributed by atoms with Gasteiger partial charge in [0.25, 0.3) is 0 Å². The Labute approximate surface area is 145 Å². The summed E-state index contributed by atoms with van der Waals surface area (Å²) in [6.45, 7) is 0. The van der Waals surface area contributed by atoms with Crippen molar-refractivity contribution in [1.82, 2.24) is 4.98 Å². The van der Waals surface area contributed by atoms with Crippen molar-refractivity contribution in [3.05, 3.63) is 48.2 Å². The summed E-state index contributed by atoms with van der Waals surface area (Å²) >= 11 is 0. The number of hydrogen-bond acceptors (Lipinski definition) is 6. The highest BCUT2D eigenvalue weighted by molar-refractivity contribution is 7.91. The molecule has 6 nitrogen and oxygen atoms in total. The fourth-order valence-corrected chi connectivity index (χ4v) is 4.74. The number of rotatable bonds is 3. The Hall–Kier alpha value is -2.80. The van der Waals surface area contributed by atoms with Gasteiger partial charge in [-0.2, -0.15) is 0 Å². The summed E-state index contributed by atoms with van der Waals surface area (Å²) in [7, 11) is -1.61. The molecular formula is C18H17N3O3S. The molecule has 1 aliphatic rings. The van der Waals surface area contributed by atoms with Gasteiger partial charge >= 0.3 is 0 Å². The zero-order chi connectivity index (χ0) is 17.6. The van der Waals surface area contributed by atoms with Crippen LogP contribution >= 0.6 is 0 Å². The second-order valence-corrected chi connectivity index (χ2v) is 8.02. The Morgan fingerprint density at radius 1 is 1.16 bits per heavy atom. The molecule has 0 saturated carbocycles. The lowest BCUT2D eigenvalue weighted by molar-refractivity contribution is 0.415. The van der Waals surface area contributed by atoms with Crippen LogP contribution in [-0.2, 0) is 16.3 Å². The van der Waals surface area contributed by atoms with Crippen LogP contribution in [0.2, 0.25) is 0 Å². The lowest BCUT2D eigenvalue weighted by Crippen LogP contribution is -2.01. The van der Waals surface area contributed by atoms with Gasteiger partial charge < -0.3 is 15.8 Å². The van der Waals surface area contributed by atoms with Gasteiger partial charge in [-0.05, 0) is 48.4 Å². The Bertz CT molecular complexity index is 1080. The predicted molar refractivity (Wildman–Crippen MR) is 98.2 cm³/mol. The fourth-order valence-electron chi connectivity index (χ4n) is 3.19. The van der Waals surface area contributed by atoms with Gasteiger partial charge in [-0.15, -0.1) is 0 Å². The minimum absolute atomic E-state index is 0.123. The van der Waals surface area contributed by atoms with E-state index in [-0.39, 0.29) is 5.75 Å². The zero-order valence-electron chi connectivity index (χ0n) is 13.6. The van der Waals surface area contributed by atoms with Crippen LogP contribution in [0.25, 0.3) is 10.9 Å². The molecule has 0 atom stereocenters. The molecule has 1 aromatic heterocycles. The lowest BCUT2D eigenvalue weighted by Gasteiger charge is -2.15. The summed E-state index contributed by atoms with van der Waals surface area (Å²) in [6.07, 6.45) is 2.06. The summed E-state index contributed by atoms with van der Waals surface area (Å²) < 4.78 is 29.6. The van der Waals surface area contributed by atoms with Gasteiger partial charge in [-0.3, -0.25) is 4.98 Å². The van der Waals surface area contributed by atoms with Crippen LogP contribution in [0.1, 0.15) is 5.56 Å². The first-order chi connectivity index (χ1) is 12.0. The average Bonchev–Trinajstić information content (AvgIpc) is 2.93. The second kappa shape index (κ2) is 5.63. The van der Waals surface area contributed by atoms with E-state index in [4.69, 9.17) is 10.5 Å². The van der Waals surface area contributed by atoms with Crippen LogP contribution in [0.5, 0.6) is 5.75 Å². The van der Waals surface area contributed by atoms with Crippen LogP contribution in [0.3, 0.4) is 0 Å². The molecule has 0 unspecified atom stereocenters. The number of aromatic nitrogens is 1. The number of benzene rings is 2. The van der Waals surface area contributed by atoms with E-state index in [0.29, 0.717) is 22.7 Å². The quantitative estimate of drug-likeness (QED) is 0.750. The smallest absolute Gasteiger partial charge is 0.179 e. The number of fused-ring (bicyclic) bond motifs is 3. The molecule has 2 aromatic carbocycles. The molecule has 4 rings (SSSR count). The first-order valence-corrected chi connectivity index (χ1v) is 9.49. The molecule has 0 radical (unpaired) electrons. The summed E-state index contributed by atoms with van der Waals surface area (Å²) in [4.78, 5) is 4.74. The molecule has 0 amide bonds. The van der Waals surface area contributed by atoms with Crippen molar-refractivity contribution in [1.29, 1.82) is 0 Å². The summed E-state index contributed by atoms with van der Waals surface area (Å²) in [6, 6.07) is 10.8. The maximum absolute atomic E-state index is 12.2. The van der Waals surface area contributed by atoms with Crippen LogP contribution in [0.15, 0.2) is 47.5 Å². The van der Waals surface area contributed by atoms with Crippen molar-refractivity contribution in [3.8, 4) is 5.75 Å². The lowest BCUT2D eigenvalue weighted by atomic mass is 10.0. The molecule has 7 heteroatoms. The molecule has 0 fully saturated rings. The Balaban J connectivity index is 1.90. The van der Waals surface area contributed by atoms with Gasteiger partial charge in [0.15, 0.2) is 9.84 Å². The van der Waals surface area contributed by atoms with E-state index < -0.39 is 9.84 Å². The number of methoxy groups -OCH3 is 1. The van der Waals surface area contributed by atoms with E-state index in [2.05, 4.69) is 10.3 Å². The highest BCUT2D eigenvalue weighted by atomic mass is 32.2. The molecule has 0 spiro atoms. The van der Waals surface area contributed by atoms with Crippen molar-refractivity contribution in [2.75, 3.05) is 23.9 Å². The first kappa shape index (κ1) is 15.7. The summed E-state index contributed by atoms with van der Waals surface area (Å²) in [5.74, 6) is 0.878. The third-order valence-electron chi connectivity index (χ3n) is 4.44. The molecular weight excluding hydrogens is 338 g/mol. The number of nitrogens with one attached hydrogen (secondary N) is 1. The van der Waals surface area contributed by atoms with Crippen molar-refractivity contribution in [2.45, 2.75) is 11.3 Å². The third kappa shape index (κ3) is 2.56. The normalized spacial score (nSPS) is 15.1. The van der Waals surface area contributed by atoms with E-state index in [1.54, 1.807) is 25.4 Å². The molecule has 128 valence electrons. The zero-order valence-corrected chi connectivity index (χ0v) is 14.4. The molecule has 25 heavy (non-hydrogen) atoms. The third-order valence-corrected chi connectivity index (χ3v) is 6.24. The molecule has 0 saturated heterocycles. The Morgan fingerprint density at radius 3 is 2.64 bits per heavy atom. The molecule has 3 aromatic rings. The van der Waals surface area contributed by atoms with Crippen molar-refractivity contribution < 1.29 is 13.2 Å². The van der Waals surface area contributed by atoms with Crippen molar-refractivity contribution in [2.24, 2.45) is 0 Å². The van der Waals surface area contributed by atoms with Gasteiger partial charge in [-0.25, -0.2) is 8.42 Å². The highest BCUT2D eigenvalue weighted by Crippen LogP contribution is 2.39. The Kier molecular flexibility index (Phi) is 3.54. The molecule has 0 aliphatic carbocycles. The topological polar surface area (TPSA) is 94.3 Å². The summed E-state index contributed by atoms with van der Waals surface area (Å²) in [5, 5.41) is 4.08. The number of sulfone groups is 1. The highest BCUT2D eigenvalue weighted by Gasteiger charge is 2.29. The van der Waals surface area contributed by atoms with Crippen molar-refractivity contribution in [3.63, 3.8) is 0 Å². The number of aryl methyl sites for hydroxylation is 1. The number of ether oxygens (including phenoxy) is 1. The first-order valence-electron chi connectivity index (χ1n) is 7.83. The van der Waals surface area contributed by atoms with Gasteiger partial charge in [-0.1, -0.05) is 0 Å². The van der Waals surface area contributed by atoms with Gasteiger partial charge in [0.1, 0.15) is 5.75 Å². The predicted octanol–water partition coefficient (Wildman–Crippen LogP) is 2.90. The average molecular weight is 355 g/mol.